The number of amides is 2. The minimum absolute atomic E-state index is 0.0366. The number of nitrogens with one attached hydrogen (secondary N) is 2. The summed E-state index contributed by atoms with van der Waals surface area (Å²) in [6.45, 7) is 7.30. The first-order valence-electron chi connectivity index (χ1n) is 13.6. The lowest BCUT2D eigenvalue weighted by molar-refractivity contribution is -0.129. The van der Waals surface area contributed by atoms with Crippen LogP contribution in [0.1, 0.15) is 57.5 Å². The lowest BCUT2D eigenvalue weighted by Gasteiger charge is -2.25. The number of carbonyl (C=O) groups excluding carboxylic acids is 3. The summed E-state index contributed by atoms with van der Waals surface area (Å²) in [6, 6.07) is 13.0. The van der Waals surface area contributed by atoms with Crippen molar-refractivity contribution >= 4 is 17.8 Å². The van der Waals surface area contributed by atoms with Crippen LogP contribution < -0.4 is 16.4 Å². The van der Waals surface area contributed by atoms with Crippen molar-refractivity contribution in [3.8, 4) is 0 Å². The van der Waals surface area contributed by atoms with Gasteiger partial charge in [0.2, 0.25) is 5.91 Å². The number of aromatic nitrogens is 2. The van der Waals surface area contributed by atoms with Gasteiger partial charge in [0.05, 0.1) is 12.6 Å². The average molecular weight is 569 g/mol. The molecule has 0 aliphatic carbocycles. The Labute approximate surface area is 238 Å². The number of rotatable bonds is 14. The van der Waals surface area contributed by atoms with E-state index in [0.29, 0.717) is 18.4 Å². The fourth-order valence-corrected chi connectivity index (χ4v) is 4.25. The van der Waals surface area contributed by atoms with E-state index in [-0.39, 0.29) is 37.2 Å². The van der Waals surface area contributed by atoms with Crippen molar-refractivity contribution in [3.05, 3.63) is 87.9 Å². The van der Waals surface area contributed by atoms with Crippen molar-refractivity contribution < 1.29 is 28.0 Å². The van der Waals surface area contributed by atoms with Crippen LogP contribution in [-0.4, -0.2) is 39.6 Å². The van der Waals surface area contributed by atoms with Crippen LogP contribution in [0, 0.1) is 17.7 Å². The number of hydrogen-bond donors (Lipinski definition) is 2. The second kappa shape index (κ2) is 14.9. The van der Waals surface area contributed by atoms with Crippen LogP contribution in [0.3, 0.4) is 0 Å². The van der Waals surface area contributed by atoms with Crippen molar-refractivity contribution in [2.45, 2.75) is 72.2 Å². The van der Waals surface area contributed by atoms with E-state index >= 15 is 0 Å². The molecule has 0 aliphatic rings. The van der Waals surface area contributed by atoms with E-state index in [1.54, 1.807) is 12.1 Å². The number of Topliss-reactive ketones (excluding diaryl/α,β-unsaturated/α-hetero) is 1. The summed E-state index contributed by atoms with van der Waals surface area (Å²) in [5.74, 6) is -1.87. The number of carbonyl (C=O) groups is 3. The molecule has 10 nitrogen and oxygen atoms in total. The summed E-state index contributed by atoms with van der Waals surface area (Å²) < 4.78 is 24.5. The number of halogens is 1. The summed E-state index contributed by atoms with van der Waals surface area (Å²) in [4.78, 5) is 51.6. The molecule has 0 fully saturated rings. The molecule has 0 saturated heterocycles. The number of ether oxygens (including phenoxy) is 1. The molecule has 0 radical (unpaired) electrons. The fraction of sp³-hybridized carbons (Fsp3) is 0.433. The summed E-state index contributed by atoms with van der Waals surface area (Å²) in [5, 5.41) is 9.17. The van der Waals surface area contributed by atoms with E-state index in [0.717, 1.165) is 10.1 Å². The third kappa shape index (κ3) is 10.0. The van der Waals surface area contributed by atoms with Gasteiger partial charge in [0.1, 0.15) is 18.5 Å². The van der Waals surface area contributed by atoms with Gasteiger partial charge in [0.25, 0.3) is 0 Å². The minimum atomic E-state index is -0.937. The van der Waals surface area contributed by atoms with Gasteiger partial charge in [0.15, 0.2) is 11.6 Å². The number of ketones is 1. The molecule has 1 aromatic heterocycles. The van der Waals surface area contributed by atoms with Crippen molar-refractivity contribution in [2.24, 2.45) is 11.8 Å². The van der Waals surface area contributed by atoms with Crippen LogP contribution in [0.5, 0.6) is 0 Å². The zero-order chi connectivity index (χ0) is 29.9. The van der Waals surface area contributed by atoms with Gasteiger partial charge in [-0.15, -0.1) is 0 Å². The molecular weight excluding hydrogens is 531 g/mol. The molecule has 0 saturated carbocycles. The topological polar surface area (TPSA) is 133 Å². The van der Waals surface area contributed by atoms with Gasteiger partial charge in [0, 0.05) is 6.42 Å². The predicted octanol–water partition coefficient (Wildman–Crippen LogP) is 4.01. The monoisotopic (exact) mass is 568 g/mol. The van der Waals surface area contributed by atoms with E-state index in [2.05, 4.69) is 15.8 Å². The average Bonchev–Trinajstić information content (AvgIpc) is 3.26. The van der Waals surface area contributed by atoms with Crippen LogP contribution >= 0.6 is 0 Å². The number of benzene rings is 2. The Morgan fingerprint density at radius 1 is 0.902 bits per heavy atom. The lowest BCUT2D eigenvalue weighted by Crippen LogP contribution is -2.53. The molecule has 0 aliphatic heterocycles. The molecule has 0 bridgehead atoms. The zero-order valence-corrected chi connectivity index (χ0v) is 23.8. The van der Waals surface area contributed by atoms with Gasteiger partial charge in [-0.25, -0.2) is 14.0 Å². The van der Waals surface area contributed by atoms with Crippen LogP contribution in [0.2, 0.25) is 0 Å². The van der Waals surface area contributed by atoms with Gasteiger partial charge in [-0.05, 0) is 47.9 Å². The highest BCUT2D eigenvalue weighted by Gasteiger charge is 2.29. The van der Waals surface area contributed by atoms with Gasteiger partial charge < -0.3 is 15.4 Å². The lowest BCUT2D eigenvalue weighted by atomic mass is 9.98. The zero-order valence-electron chi connectivity index (χ0n) is 23.8. The van der Waals surface area contributed by atoms with E-state index in [1.165, 1.54) is 12.1 Å². The van der Waals surface area contributed by atoms with Crippen molar-refractivity contribution in [3.63, 3.8) is 0 Å². The van der Waals surface area contributed by atoms with Gasteiger partial charge >= 0.3 is 11.8 Å². The molecule has 1 heterocycles. The molecule has 3 rings (SSSR count). The molecule has 2 amide bonds. The van der Waals surface area contributed by atoms with E-state index in [9.17, 15) is 23.6 Å². The Balaban J connectivity index is 1.70. The smallest absolute Gasteiger partial charge is 0.442 e. The maximum Gasteiger partial charge on any atom is 0.442 e. The van der Waals surface area contributed by atoms with Crippen molar-refractivity contribution in [1.29, 1.82) is 0 Å². The Hall–Kier alpha value is -4.28. The van der Waals surface area contributed by atoms with Crippen LogP contribution in [-0.2, 0) is 33.9 Å². The molecule has 0 spiro atoms. The van der Waals surface area contributed by atoms with Gasteiger partial charge in [-0.1, -0.05) is 75.3 Å². The van der Waals surface area contributed by atoms with E-state index in [1.807, 2.05) is 58.0 Å². The Bertz CT molecular complexity index is 1350. The maximum absolute atomic E-state index is 13.4. The summed E-state index contributed by atoms with van der Waals surface area (Å²) in [5.41, 5.74) is 1.48. The highest BCUT2D eigenvalue weighted by Crippen LogP contribution is 2.12. The second-order valence-electron chi connectivity index (χ2n) is 10.8. The molecule has 2 aromatic carbocycles. The maximum atomic E-state index is 13.4. The Kier molecular flexibility index (Phi) is 11.4. The third-order valence-electron chi connectivity index (χ3n) is 6.29. The normalized spacial score (nSPS) is 12.7. The highest BCUT2D eigenvalue weighted by molar-refractivity contribution is 5.92. The third-order valence-corrected chi connectivity index (χ3v) is 6.29. The van der Waals surface area contributed by atoms with Crippen LogP contribution in [0.15, 0.2) is 63.9 Å². The van der Waals surface area contributed by atoms with Crippen molar-refractivity contribution in [1.82, 2.24) is 20.4 Å². The van der Waals surface area contributed by atoms with Crippen molar-refractivity contribution in [2.75, 3.05) is 0 Å². The number of alkyl carbamates (subject to hydrolysis) is 1. The van der Waals surface area contributed by atoms with Gasteiger partial charge in [-0.2, -0.15) is 0 Å². The second-order valence-corrected chi connectivity index (χ2v) is 10.8. The fourth-order valence-electron chi connectivity index (χ4n) is 4.25. The molecular formula is C30H37FN4O6. The molecule has 3 aromatic rings. The quantitative estimate of drug-likeness (QED) is 0.300. The molecule has 2 N–H and O–H groups in total. The van der Waals surface area contributed by atoms with Crippen LogP contribution in [0.4, 0.5) is 9.18 Å². The Morgan fingerprint density at radius 2 is 1.54 bits per heavy atom. The van der Waals surface area contributed by atoms with Crippen LogP contribution in [0.25, 0.3) is 0 Å². The molecule has 11 heteroatoms. The standard InChI is InChI=1S/C30H37FN4O6/c1-19(2)14-24(26(36)17-35-27(34-41-30(35)39)16-21-10-12-23(31)13-11-21)32-28(37)25(15-20(3)4)33-29(38)40-18-22-8-6-5-7-9-22/h5-13,19-20,24-25H,14-18H2,1-4H3,(H,32,37)(H,33,38)/t24-,25-/m0/s1. The van der Waals surface area contributed by atoms with E-state index in [4.69, 9.17) is 9.26 Å². The number of hydrogen-bond acceptors (Lipinski definition) is 7. The predicted molar refractivity (Wildman–Crippen MR) is 149 cm³/mol. The first kappa shape index (κ1) is 31.3. The SMILES string of the molecule is CC(C)C[C@H](NC(=O)[C@H](CC(C)C)NC(=O)OCc1ccccc1)C(=O)Cn1c(Cc2ccc(F)cc2)noc1=O. The first-order chi connectivity index (χ1) is 19.5. The molecule has 220 valence electrons. The largest absolute Gasteiger partial charge is 0.445 e. The highest BCUT2D eigenvalue weighted by atomic mass is 19.1. The van der Waals surface area contributed by atoms with Gasteiger partial charge in [-0.3, -0.25) is 18.7 Å². The summed E-state index contributed by atoms with van der Waals surface area (Å²) in [7, 11) is 0. The summed E-state index contributed by atoms with van der Waals surface area (Å²) in [6.07, 6.45) is 0.0289. The molecule has 0 unspecified atom stereocenters. The first-order valence-corrected chi connectivity index (χ1v) is 13.6. The number of nitrogens with zero attached hydrogens (tertiary/aromatic N) is 2. The molecule has 2 atom stereocenters. The minimum Gasteiger partial charge on any atom is -0.445 e. The Morgan fingerprint density at radius 3 is 2.17 bits per heavy atom. The molecule has 41 heavy (non-hydrogen) atoms. The summed E-state index contributed by atoms with van der Waals surface area (Å²) >= 11 is 0. The van der Waals surface area contributed by atoms with E-state index < -0.39 is 41.4 Å².